The molecular weight excluding hydrogens is 246 g/mol. The van der Waals surface area contributed by atoms with Crippen LogP contribution in [-0.2, 0) is 11.8 Å². The van der Waals surface area contributed by atoms with Crippen LogP contribution >= 0.6 is 0 Å². The predicted molar refractivity (Wildman–Crippen MR) is 85.2 cm³/mol. The monoisotopic (exact) mass is 271 g/mol. The van der Waals surface area contributed by atoms with Crippen LogP contribution in [0.25, 0.3) is 0 Å². The van der Waals surface area contributed by atoms with E-state index in [4.69, 9.17) is 0 Å². The second-order valence-electron chi connectivity index (χ2n) is 6.15. The van der Waals surface area contributed by atoms with Crippen molar-refractivity contribution in [2.24, 2.45) is 0 Å². The number of aryl methyl sites for hydroxylation is 1. The molecule has 1 N–H and O–H groups in total. The van der Waals surface area contributed by atoms with Crippen molar-refractivity contribution in [3.05, 3.63) is 54.6 Å². The summed E-state index contributed by atoms with van der Waals surface area (Å²) in [7, 11) is 0. The van der Waals surface area contributed by atoms with Gasteiger partial charge in [0.1, 0.15) is 5.75 Å². The van der Waals surface area contributed by atoms with Crippen LogP contribution in [0.1, 0.15) is 31.4 Å². The number of phenolic OH excluding ortho intramolecular Hbond substituents is 1. The van der Waals surface area contributed by atoms with Gasteiger partial charge in [-0.1, -0.05) is 32.1 Å². The lowest BCUT2D eigenvalue weighted by atomic mass is 9.68. The van der Waals surface area contributed by atoms with Crippen molar-refractivity contribution in [1.29, 1.82) is 0 Å². The second kappa shape index (κ2) is 5.84. The van der Waals surface area contributed by atoms with Gasteiger partial charge in [0.15, 0.2) is 0 Å². The maximum absolute atomic E-state index is 9.81. The summed E-state index contributed by atoms with van der Waals surface area (Å²) < 4.78 is 0. The minimum absolute atomic E-state index is 0.0122. The summed E-state index contributed by atoms with van der Waals surface area (Å²) in [5.41, 5.74) is 2.64. The zero-order valence-electron chi connectivity index (χ0n) is 12.6. The highest BCUT2D eigenvalue weighted by Crippen LogP contribution is 2.40. The van der Waals surface area contributed by atoms with Crippen LogP contribution in [0.3, 0.4) is 0 Å². The Morgan fingerprint density at radius 1 is 1.30 bits per heavy atom. The number of hydrogen-bond acceptors (Lipinski definition) is 2. The summed E-state index contributed by atoms with van der Waals surface area (Å²) in [6.07, 6.45) is 6.11. The highest BCUT2D eigenvalue weighted by Gasteiger charge is 2.39. The first-order valence-corrected chi connectivity index (χ1v) is 7.29. The Labute approximate surface area is 122 Å². The molecule has 0 fully saturated rings. The van der Waals surface area contributed by atoms with Crippen LogP contribution in [0, 0.1) is 0 Å². The van der Waals surface area contributed by atoms with E-state index in [2.05, 4.69) is 38.0 Å². The average Bonchev–Trinajstić information content (AvgIpc) is 2.39. The summed E-state index contributed by atoms with van der Waals surface area (Å²) in [6, 6.07) is 6.23. The van der Waals surface area contributed by atoms with E-state index in [1.54, 1.807) is 6.07 Å². The molecule has 0 unspecified atom stereocenters. The van der Waals surface area contributed by atoms with Crippen LogP contribution in [-0.4, -0.2) is 29.1 Å². The second-order valence-corrected chi connectivity index (χ2v) is 6.15. The fraction of sp³-hybridized carbons (Fsp3) is 0.444. The molecule has 0 bridgehead atoms. The fourth-order valence-corrected chi connectivity index (χ4v) is 3.51. The van der Waals surface area contributed by atoms with E-state index in [9.17, 15) is 5.11 Å². The molecule has 1 aromatic rings. The van der Waals surface area contributed by atoms with Crippen molar-refractivity contribution in [2.75, 3.05) is 13.1 Å². The molecule has 2 heteroatoms. The van der Waals surface area contributed by atoms with Gasteiger partial charge in [-0.05, 0) is 36.1 Å². The third kappa shape index (κ3) is 2.66. The number of aromatic hydroxyl groups is 1. The van der Waals surface area contributed by atoms with Gasteiger partial charge in [-0.15, -0.1) is 13.2 Å². The van der Waals surface area contributed by atoms with Gasteiger partial charge in [0.05, 0.1) is 0 Å². The van der Waals surface area contributed by atoms with Gasteiger partial charge in [0.2, 0.25) is 0 Å². The molecule has 0 heterocycles. The third-order valence-electron chi connectivity index (χ3n) is 4.48. The fourth-order valence-electron chi connectivity index (χ4n) is 3.51. The number of nitrogens with zero attached hydrogens (tertiary/aromatic N) is 1. The van der Waals surface area contributed by atoms with Gasteiger partial charge in [-0.25, -0.2) is 0 Å². The number of benzene rings is 1. The molecule has 0 saturated carbocycles. The Morgan fingerprint density at radius 2 is 1.95 bits per heavy atom. The molecular formula is C18H25NO. The average molecular weight is 271 g/mol. The molecule has 1 atom stereocenters. The lowest BCUT2D eigenvalue weighted by Crippen LogP contribution is -2.50. The molecule has 2 nitrogen and oxygen atoms in total. The van der Waals surface area contributed by atoms with Gasteiger partial charge in [-0.2, -0.15) is 0 Å². The molecule has 20 heavy (non-hydrogen) atoms. The third-order valence-corrected chi connectivity index (χ3v) is 4.48. The van der Waals surface area contributed by atoms with Gasteiger partial charge in [0, 0.05) is 24.5 Å². The lowest BCUT2D eigenvalue weighted by Gasteiger charge is -2.46. The van der Waals surface area contributed by atoms with E-state index >= 15 is 0 Å². The Balaban J connectivity index is 2.38. The van der Waals surface area contributed by atoms with Crippen LogP contribution in [0.5, 0.6) is 5.75 Å². The van der Waals surface area contributed by atoms with Crippen molar-refractivity contribution in [1.82, 2.24) is 4.90 Å². The topological polar surface area (TPSA) is 23.5 Å². The Hall–Kier alpha value is -1.54. The Kier molecular flexibility index (Phi) is 4.34. The molecule has 0 saturated heterocycles. The normalized spacial score (nSPS) is 20.4. The Morgan fingerprint density at radius 3 is 2.55 bits per heavy atom. The molecule has 2 rings (SSSR count). The zero-order chi connectivity index (χ0) is 14.8. The van der Waals surface area contributed by atoms with E-state index in [0.717, 1.165) is 25.9 Å². The van der Waals surface area contributed by atoms with Crippen molar-refractivity contribution in [3.8, 4) is 5.75 Å². The van der Waals surface area contributed by atoms with Crippen molar-refractivity contribution in [2.45, 2.75) is 38.1 Å². The van der Waals surface area contributed by atoms with E-state index in [1.807, 2.05) is 18.2 Å². The highest BCUT2D eigenvalue weighted by atomic mass is 16.3. The van der Waals surface area contributed by atoms with Gasteiger partial charge >= 0.3 is 0 Å². The smallest absolute Gasteiger partial charge is 0.115 e. The molecule has 0 aromatic heterocycles. The molecule has 108 valence electrons. The molecule has 1 aliphatic rings. The van der Waals surface area contributed by atoms with Crippen molar-refractivity contribution < 1.29 is 5.11 Å². The van der Waals surface area contributed by atoms with Gasteiger partial charge in [-0.3, -0.25) is 4.90 Å². The molecule has 1 aromatic carbocycles. The summed E-state index contributed by atoms with van der Waals surface area (Å²) in [5.74, 6) is 0.358. The summed E-state index contributed by atoms with van der Waals surface area (Å²) in [6.45, 7) is 14.0. The summed E-state index contributed by atoms with van der Waals surface area (Å²) in [4.78, 5) is 2.42. The summed E-state index contributed by atoms with van der Waals surface area (Å²) in [5, 5.41) is 9.81. The van der Waals surface area contributed by atoms with E-state index in [0.29, 0.717) is 11.8 Å². The molecule has 0 amide bonds. The first-order valence-electron chi connectivity index (χ1n) is 7.29. The molecule has 1 aliphatic carbocycles. The van der Waals surface area contributed by atoms with Crippen molar-refractivity contribution in [3.63, 3.8) is 0 Å². The first-order chi connectivity index (χ1) is 9.50. The number of phenols is 1. The highest BCUT2D eigenvalue weighted by molar-refractivity contribution is 5.42. The van der Waals surface area contributed by atoms with Crippen molar-refractivity contribution >= 4 is 0 Å². The molecule has 0 aliphatic heterocycles. The largest absolute Gasteiger partial charge is 0.508 e. The maximum atomic E-state index is 9.81. The number of fused-ring (bicyclic) bond motifs is 1. The Bertz CT molecular complexity index is 494. The minimum atomic E-state index is 0.0122. The summed E-state index contributed by atoms with van der Waals surface area (Å²) >= 11 is 0. The van der Waals surface area contributed by atoms with E-state index < -0.39 is 0 Å². The number of rotatable bonds is 5. The standard InChI is InChI=1S/C18H25NO/c1-5-11-19(12-6-2)17-10-8-14-7-9-15(20)13-16(14)18(17,3)4/h5-7,9,13,17,20H,1-2,8,10-12H2,3-4H3/t17-/m0/s1. The predicted octanol–water partition coefficient (Wildman–Crippen LogP) is 3.66. The van der Waals surface area contributed by atoms with Crippen LogP contribution in [0.2, 0.25) is 0 Å². The van der Waals surface area contributed by atoms with E-state index in [-0.39, 0.29) is 5.41 Å². The molecule has 0 radical (unpaired) electrons. The van der Waals surface area contributed by atoms with Gasteiger partial charge < -0.3 is 5.11 Å². The van der Waals surface area contributed by atoms with Crippen LogP contribution in [0.4, 0.5) is 0 Å². The SMILES string of the molecule is C=CCN(CC=C)[C@H]1CCc2ccc(O)cc2C1(C)C. The van der Waals surface area contributed by atoms with Crippen LogP contribution < -0.4 is 0 Å². The van der Waals surface area contributed by atoms with E-state index in [1.165, 1.54) is 11.1 Å². The maximum Gasteiger partial charge on any atom is 0.115 e. The number of hydrogen-bond donors (Lipinski definition) is 1. The van der Waals surface area contributed by atoms with Gasteiger partial charge in [0.25, 0.3) is 0 Å². The first kappa shape index (κ1) is 14.9. The van der Waals surface area contributed by atoms with Crippen LogP contribution in [0.15, 0.2) is 43.5 Å². The lowest BCUT2D eigenvalue weighted by molar-refractivity contribution is 0.143. The quantitative estimate of drug-likeness (QED) is 0.826. The molecule has 0 spiro atoms. The zero-order valence-corrected chi connectivity index (χ0v) is 12.6. The minimum Gasteiger partial charge on any atom is -0.508 e.